The maximum Gasteiger partial charge on any atom is 0.418 e. The van der Waals surface area contributed by atoms with Crippen LogP contribution >= 0.6 is 11.8 Å². The van der Waals surface area contributed by atoms with E-state index >= 15 is 0 Å². The van der Waals surface area contributed by atoms with Crippen molar-refractivity contribution in [1.29, 1.82) is 0 Å². The molecule has 116 valence electrons. The summed E-state index contributed by atoms with van der Waals surface area (Å²) in [5.41, 5.74) is -2.20. The van der Waals surface area contributed by atoms with E-state index in [-0.39, 0.29) is 12.2 Å². The normalized spacial score (nSPS) is 22.1. The molecule has 8 heteroatoms. The number of hydrogen-bond acceptors (Lipinski definition) is 3. The first-order valence-electron chi connectivity index (χ1n) is 6.31. The van der Waals surface area contributed by atoms with Gasteiger partial charge < -0.3 is 15.7 Å². The van der Waals surface area contributed by atoms with Crippen LogP contribution in [0.25, 0.3) is 0 Å². The number of thioether (sulfide) groups is 1. The van der Waals surface area contributed by atoms with Crippen LogP contribution in [0, 0.1) is 0 Å². The lowest BCUT2D eigenvalue weighted by atomic mass is 10.0. The molecule has 3 N–H and O–H groups in total. The summed E-state index contributed by atoms with van der Waals surface area (Å²) < 4.78 is 38.3. The number of rotatable bonds is 3. The molecule has 21 heavy (non-hydrogen) atoms. The Balaban J connectivity index is 1.97. The van der Waals surface area contributed by atoms with Crippen LogP contribution in [0.4, 0.5) is 23.7 Å². The third kappa shape index (κ3) is 4.28. The fourth-order valence-corrected chi connectivity index (χ4v) is 3.28. The molecule has 1 aromatic rings. The monoisotopic (exact) mass is 320 g/mol. The molecule has 1 aliphatic heterocycles. The van der Waals surface area contributed by atoms with Crippen LogP contribution in [0.2, 0.25) is 0 Å². The number of halogens is 3. The van der Waals surface area contributed by atoms with E-state index in [9.17, 15) is 23.1 Å². The third-order valence-electron chi connectivity index (χ3n) is 3.14. The van der Waals surface area contributed by atoms with Crippen molar-refractivity contribution in [2.45, 2.75) is 18.2 Å². The SMILES string of the molecule is O=C(NCC1(O)CCSC1)Nc1ccccc1C(F)(F)F. The van der Waals surface area contributed by atoms with E-state index < -0.39 is 23.4 Å². The van der Waals surface area contributed by atoms with E-state index in [0.29, 0.717) is 12.2 Å². The van der Waals surface area contributed by atoms with Crippen molar-refractivity contribution in [3.8, 4) is 0 Å². The summed E-state index contributed by atoms with van der Waals surface area (Å²) in [6.45, 7) is 0.0139. The predicted octanol–water partition coefficient (Wildman–Crippen LogP) is 2.69. The molecule has 1 unspecified atom stereocenters. The van der Waals surface area contributed by atoms with Crippen molar-refractivity contribution in [2.24, 2.45) is 0 Å². The first kappa shape index (κ1) is 16.0. The lowest BCUT2D eigenvalue weighted by Gasteiger charge is -2.22. The van der Waals surface area contributed by atoms with Crippen molar-refractivity contribution in [2.75, 3.05) is 23.4 Å². The second-order valence-electron chi connectivity index (χ2n) is 4.88. The number of hydrogen-bond donors (Lipinski definition) is 3. The van der Waals surface area contributed by atoms with E-state index in [2.05, 4.69) is 10.6 Å². The van der Waals surface area contributed by atoms with Gasteiger partial charge in [-0.15, -0.1) is 0 Å². The third-order valence-corrected chi connectivity index (χ3v) is 4.38. The number of nitrogens with one attached hydrogen (secondary N) is 2. The average molecular weight is 320 g/mol. The Morgan fingerprint density at radius 3 is 2.71 bits per heavy atom. The summed E-state index contributed by atoms with van der Waals surface area (Å²) in [5.74, 6) is 1.31. The number of urea groups is 1. The first-order valence-corrected chi connectivity index (χ1v) is 7.47. The molecule has 1 fully saturated rings. The van der Waals surface area contributed by atoms with E-state index in [0.717, 1.165) is 11.8 Å². The largest absolute Gasteiger partial charge is 0.418 e. The number of anilines is 1. The molecular formula is C13H15F3N2O2S. The molecule has 1 heterocycles. The molecule has 0 spiro atoms. The van der Waals surface area contributed by atoms with Crippen LogP contribution in [0.15, 0.2) is 24.3 Å². The van der Waals surface area contributed by atoms with Crippen molar-refractivity contribution in [3.63, 3.8) is 0 Å². The minimum atomic E-state index is -4.54. The second kappa shape index (κ2) is 6.15. The lowest BCUT2D eigenvalue weighted by molar-refractivity contribution is -0.136. The van der Waals surface area contributed by atoms with Gasteiger partial charge in [0.1, 0.15) is 0 Å². The molecule has 1 atom stereocenters. The van der Waals surface area contributed by atoms with E-state index in [4.69, 9.17) is 0 Å². The van der Waals surface area contributed by atoms with Crippen LogP contribution in [0.5, 0.6) is 0 Å². The van der Waals surface area contributed by atoms with Gasteiger partial charge >= 0.3 is 12.2 Å². The molecule has 0 bridgehead atoms. The number of alkyl halides is 3. The molecular weight excluding hydrogens is 305 g/mol. The summed E-state index contributed by atoms with van der Waals surface area (Å²) in [6, 6.07) is 3.98. The van der Waals surface area contributed by atoms with Crippen molar-refractivity contribution < 1.29 is 23.1 Å². The molecule has 1 aliphatic rings. The van der Waals surface area contributed by atoms with Crippen molar-refractivity contribution >= 4 is 23.5 Å². The van der Waals surface area contributed by atoms with Gasteiger partial charge in [-0.2, -0.15) is 24.9 Å². The van der Waals surface area contributed by atoms with Gasteiger partial charge in [-0.3, -0.25) is 0 Å². The number of aliphatic hydroxyl groups is 1. The molecule has 0 radical (unpaired) electrons. The maximum atomic E-state index is 12.8. The number of amides is 2. The number of benzene rings is 1. The number of para-hydroxylation sites is 1. The van der Waals surface area contributed by atoms with Gasteiger partial charge in [0.15, 0.2) is 0 Å². The zero-order valence-corrected chi connectivity index (χ0v) is 11.9. The molecule has 0 aliphatic carbocycles. The molecule has 2 amide bonds. The van der Waals surface area contributed by atoms with Gasteiger partial charge in [0.2, 0.25) is 0 Å². The van der Waals surface area contributed by atoms with Crippen molar-refractivity contribution in [3.05, 3.63) is 29.8 Å². The second-order valence-corrected chi connectivity index (χ2v) is 5.98. The highest BCUT2D eigenvalue weighted by Gasteiger charge is 2.34. The van der Waals surface area contributed by atoms with Crippen LogP contribution in [-0.4, -0.2) is 34.8 Å². The highest BCUT2D eigenvalue weighted by atomic mass is 32.2. The average Bonchev–Trinajstić information content (AvgIpc) is 2.83. The Labute approximate surface area is 124 Å². The Kier molecular flexibility index (Phi) is 4.67. The number of carbonyl (C=O) groups excluding carboxylic acids is 1. The van der Waals surface area contributed by atoms with E-state index in [1.807, 2.05) is 0 Å². The molecule has 0 aromatic heterocycles. The Hall–Kier alpha value is -1.41. The molecule has 1 aromatic carbocycles. The number of carbonyl (C=O) groups is 1. The summed E-state index contributed by atoms with van der Waals surface area (Å²) in [5, 5.41) is 14.6. The topological polar surface area (TPSA) is 61.4 Å². The van der Waals surface area contributed by atoms with Crippen LogP contribution in [0.3, 0.4) is 0 Å². The van der Waals surface area contributed by atoms with Gasteiger partial charge in [-0.1, -0.05) is 12.1 Å². The summed E-state index contributed by atoms with van der Waals surface area (Å²) in [4.78, 5) is 11.7. The first-order chi connectivity index (χ1) is 9.80. The summed E-state index contributed by atoms with van der Waals surface area (Å²) >= 11 is 1.57. The summed E-state index contributed by atoms with van der Waals surface area (Å²) in [6.07, 6.45) is -3.98. The van der Waals surface area contributed by atoms with E-state index in [1.54, 1.807) is 11.8 Å². The molecule has 4 nitrogen and oxygen atoms in total. The standard InChI is InChI=1S/C13H15F3N2O2S/c14-13(15,16)9-3-1-2-4-10(9)18-11(19)17-7-12(20)5-6-21-8-12/h1-4,20H,5-8H2,(H2,17,18,19). The highest BCUT2D eigenvalue weighted by molar-refractivity contribution is 7.99. The fourth-order valence-electron chi connectivity index (χ4n) is 1.99. The van der Waals surface area contributed by atoms with Crippen LogP contribution < -0.4 is 10.6 Å². The van der Waals surface area contributed by atoms with Gasteiger partial charge in [0.25, 0.3) is 0 Å². The summed E-state index contributed by atoms with van der Waals surface area (Å²) in [7, 11) is 0. The minimum absolute atomic E-state index is 0.0139. The lowest BCUT2D eigenvalue weighted by Crippen LogP contribution is -2.44. The molecule has 2 rings (SSSR count). The van der Waals surface area contributed by atoms with Crippen LogP contribution in [0.1, 0.15) is 12.0 Å². The Morgan fingerprint density at radius 2 is 2.10 bits per heavy atom. The van der Waals surface area contributed by atoms with Crippen molar-refractivity contribution in [1.82, 2.24) is 5.32 Å². The smallest absolute Gasteiger partial charge is 0.387 e. The van der Waals surface area contributed by atoms with E-state index in [1.165, 1.54) is 18.2 Å². The zero-order valence-electron chi connectivity index (χ0n) is 11.0. The zero-order chi connectivity index (χ0) is 15.5. The minimum Gasteiger partial charge on any atom is -0.387 e. The van der Waals surface area contributed by atoms with Gasteiger partial charge in [0.05, 0.1) is 16.9 Å². The van der Waals surface area contributed by atoms with Gasteiger partial charge in [0, 0.05) is 12.3 Å². The highest BCUT2D eigenvalue weighted by Crippen LogP contribution is 2.34. The predicted molar refractivity (Wildman–Crippen MR) is 75.4 cm³/mol. The fraction of sp³-hybridized carbons (Fsp3) is 0.462. The quantitative estimate of drug-likeness (QED) is 0.802. The van der Waals surface area contributed by atoms with Gasteiger partial charge in [-0.25, -0.2) is 4.79 Å². The molecule has 1 saturated heterocycles. The Bertz CT molecular complexity index is 516. The Morgan fingerprint density at radius 1 is 1.38 bits per heavy atom. The molecule has 0 saturated carbocycles. The maximum absolute atomic E-state index is 12.8. The van der Waals surface area contributed by atoms with Gasteiger partial charge in [-0.05, 0) is 24.3 Å². The van der Waals surface area contributed by atoms with Crippen LogP contribution in [-0.2, 0) is 6.18 Å².